The molecule has 0 spiro atoms. The van der Waals surface area contributed by atoms with Gasteiger partial charge in [0.2, 0.25) is 5.91 Å². The highest BCUT2D eigenvalue weighted by Crippen LogP contribution is 2.19. The van der Waals surface area contributed by atoms with E-state index in [0.717, 1.165) is 64.2 Å². The molecule has 7 nitrogen and oxygen atoms in total. The van der Waals surface area contributed by atoms with Crippen molar-refractivity contribution >= 4 is 17.8 Å². The van der Waals surface area contributed by atoms with Crippen LogP contribution in [0.4, 0.5) is 0 Å². The topological polar surface area (TPSA) is 119 Å². The molecule has 0 bridgehead atoms. The Morgan fingerprint density at radius 3 is 1.49 bits per heavy atom. The number of hydrogen-bond acceptors (Lipinski definition) is 5. The van der Waals surface area contributed by atoms with Gasteiger partial charge in [-0.05, 0) is 83.6 Å². The summed E-state index contributed by atoms with van der Waals surface area (Å²) in [5.74, 6) is -1.23. The van der Waals surface area contributed by atoms with E-state index in [-0.39, 0.29) is 18.0 Å². The third kappa shape index (κ3) is 34.3. The normalized spacial score (nSPS) is 12.7. The van der Waals surface area contributed by atoms with Gasteiger partial charge in [-0.25, -0.2) is 4.79 Å². The Morgan fingerprint density at radius 1 is 0.571 bits per heavy atom. The van der Waals surface area contributed by atoms with Crippen LogP contribution >= 0.6 is 0 Å². The smallest absolute Gasteiger partial charge is 0.326 e. The molecule has 288 valence electrons. The van der Waals surface area contributed by atoms with Crippen molar-refractivity contribution in [3.05, 3.63) is 12.2 Å². The van der Waals surface area contributed by atoms with Crippen molar-refractivity contribution in [1.82, 2.24) is 5.32 Å². The van der Waals surface area contributed by atoms with Crippen molar-refractivity contribution in [3.8, 4) is 0 Å². The van der Waals surface area contributed by atoms with Crippen LogP contribution in [-0.2, 0) is 19.1 Å². The Morgan fingerprint density at radius 2 is 1.00 bits per heavy atom. The number of nitrogens with two attached hydrogens (primary N) is 1. The highest BCUT2D eigenvalue weighted by Gasteiger charge is 2.19. The Hall–Kier alpha value is -1.89. The molecule has 0 fully saturated rings. The highest BCUT2D eigenvalue weighted by atomic mass is 16.5. The van der Waals surface area contributed by atoms with E-state index in [9.17, 15) is 19.5 Å². The van der Waals surface area contributed by atoms with Crippen molar-refractivity contribution in [3.63, 3.8) is 0 Å². The molecule has 7 heteroatoms. The Kier molecular flexibility index (Phi) is 35.9. The fourth-order valence-electron chi connectivity index (χ4n) is 6.39. The predicted octanol–water partition coefficient (Wildman–Crippen LogP) is 11.5. The van der Waals surface area contributed by atoms with E-state index in [0.29, 0.717) is 32.2 Å². The Labute approximate surface area is 302 Å². The third-order valence-electron chi connectivity index (χ3n) is 9.58. The second kappa shape index (κ2) is 37.4. The molecule has 2 unspecified atom stereocenters. The van der Waals surface area contributed by atoms with Gasteiger partial charge in [0.05, 0.1) is 0 Å². The average molecular weight is 693 g/mol. The van der Waals surface area contributed by atoms with Crippen molar-refractivity contribution in [2.45, 2.75) is 231 Å². The minimum atomic E-state index is -1.00. The lowest BCUT2D eigenvalue weighted by molar-refractivity contribution is -0.150. The van der Waals surface area contributed by atoms with Crippen LogP contribution in [0.1, 0.15) is 219 Å². The standard InChI is InChI=1S/C42H80N2O5/c1-3-5-7-9-11-13-15-16-17-19-21-26-30-36-41(46)49-38(32-27-23-20-18-14-12-10-8-6-4-2)33-28-24-22-25-29-35-40(45)44-39(42(47)48)34-31-37-43/h13,15,38-39H,3-12,14,16-37,43H2,1-2H3,(H,44,45)(H,47,48)/b15-13-. The summed E-state index contributed by atoms with van der Waals surface area (Å²) in [6, 6.07) is -0.853. The largest absolute Gasteiger partial charge is 0.480 e. The number of carboxylic acids is 1. The summed E-state index contributed by atoms with van der Waals surface area (Å²) in [6.45, 7) is 4.93. The lowest BCUT2D eigenvalue weighted by Gasteiger charge is -2.18. The molecule has 0 aromatic heterocycles. The number of aliphatic carboxylic acids is 1. The van der Waals surface area contributed by atoms with Gasteiger partial charge in [-0.3, -0.25) is 9.59 Å². The van der Waals surface area contributed by atoms with Gasteiger partial charge in [0.1, 0.15) is 12.1 Å². The number of esters is 1. The Balaban J connectivity index is 4.29. The molecule has 0 rings (SSSR count). The van der Waals surface area contributed by atoms with E-state index in [4.69, 9.17) is 10.5 Å². The second-order valence-electron chi connectivity index (χ2n) is 14.4. The number of rotatable bonds is 38. The van der Waals surface area contributed by atoms with Crippen LogP contribution in [0.15, 0.2) is 12.2 Å². The summed E-state index contributed by atoms with van der Waals surface area (Å²) in [7, 11) is 0. The average Bonchev–Trinajstić information content (AvgIpc) is 3.08. The summed E-state index contributed by atoms with van der Waals surface area (Å²) < 4.78 is 6.03. The lowest BCUT2D eigenvalue weighted by Crippen LogP contribution is -2.40. The van der Waals surface area contributed by atoms with E-state index in [2.05, 4.69) is 31.3 Å². The Bertz CT molecular complexity index is 787. The van der Waals surface area contributed by atoms with Crippen molar-refractivity contribution in [2.24, 2.45) is 5.73 Å². The number of ether oxygens (including phenoxy) is 1. The first-order valence-corrected chi connectivity index (χ1v) is 21.0. The van der Waals surface area contributed by atoms with Crippen molar-refractivity contribution in [1.29, 1.82) is 0 Å². The van der Waals surface area contributed by atoms with Gasteiger partial charge in [0.15, 0.2) is 0 Å². The zero-order valence-corrected chi connectivity index (χ0v) is 32.3. The molecule has 0 aliphatic carbocycles. The quantitative estimate of drug-likeness (QED) is 0.0337. The first-order valence-electron chi connectivity index (χ1n) is 21.0. The van der Waals surface area contributed by atoms with Gasteiger partial charge in [0.25, 0.3) is 0 Å². The summed E-state index contributed by atoms with van der Waals surface area (Å²) in [4.78, 5) is 36.3. The molecule has 2 atom stereocenters. The van der Waals surface area contributed by atoms with Crippen molar-refractivity contribution < 1.29 is 24.2 Å². The molecule has 0 aromatic rings. The zero-order valence-electron chi connectivity index (χ0n) is 32.3. The fourth-order valence-corrected chi connectivity index (χ4v) is 6.39. The molecule has 0 aliphatic heterocycles. The lowest BCUT2D eigenvalue weighted by atomic mass is 10.0. The maximum atomic E-state index is 12.7. The van der Waals surface area contributed by atoms with Gasteiger partial charge >= 0.3 is 11.9 Å². The van der Waals surface area contributed by atoms with Crippen LogP contribution in [0.3, 0.4) is 0 Å². The number of nitrogens with one attached hydrogen (secondary N) is 1. The number of amides is 1. The van der Waals surface area contributed by atoms with Crippen molar-refractivity contribution in [2.75, 3.05) is 6.54 Å². The summed E-state index contributed by atoms with van der Waals surface area (Å²) in [5, 5.41) is 11.9. The fraction of sp³-hybridized carbons (Fsp3) is 0.881. The van der Waals surface area contributed by atoms with E-state index >= 15 is 0 Å². The van der Waals surface area contributed by atoms with Gasteiger partial charge in [-0.15, -0.1) is 0 Å². The molecule has 0 heterocycles. The van der Waals surface area contributed by atoms with Crippen LogP contribution in [0.2, 0.25) is 0 Å². The van der Waals surface area contributed by atoms with Crippen LogP contribution < -0.4 is 11.1 Å². The van der Waals surface area contributed by atoms with Crippen LogP contribution in [0.25, 0.3) is 0 Å². The molecular formula is C42H80N2O5. The second-order valence-corrected chi connectivity index (χ2v) is 14.4. The molecule has 0 aliphatic rings. The number of hydrogen-bond donors (Lipinski definition) is 3. The molecule has 4 N–H and O–H groups in total. The molecule has 0 aromatic carbocycles. The highest BCUT2D eigenvalue weighted by molar-refractivity contribution is 5.83. The number of allylic oxidation sites excluding steroid dienone is 2. The minimum absolute atomic E-state index is 0.0163. The molecule has 0 saturated heterocycles. The van der Waals surface area contributed by atoms with E-state index in [1.54, 1.807) is 0 Å². The monoisotopic (exact) mass is 693 g/mol. The van der Waals surface area contributed by atoms with Gasteiger partial charge in [0, 0.05) is 12.8 Å². The van der Waals surface area contributed by atoms with Gasteiger partial charge < -0.3 is 20.9 Å². The molecule has 0 radical (unpaired) electrons. The minimum Gasteiger partial charge on any atom is -0.480 e. The number of carbonyl (C=O) groups excluding carboxylic acids is 2. The molecular weight excluding hydrogens is 612 g/mol. The maximum Gasteiger partial charge on any atom is 0.326 e. The van der Waals surface area contributed by atoms with Crippen LogP contribution in [-0.4, -0.2) is 41.6 Å². The summed E-state index contributed by atoms with van der Waals surface area (Å²) in [6.07, 6.45) is 39.6. The molecule has 1 amide bonds. The van der Waals surface area contributed by atoms with Gasteiger partial charge in [-0.2, -0.15) is 0 Å². The first-order chi connectivity index (χ1) is 23.9. The van der Waals surface area contributed by atoms with E-state index < -0.39 is 12.0 Å². The summed E-state index contributed by atoms with van der Waals surface area (Å²) in [5.41, 5.74) is 5.48. The zero-order chi connectivity index (χ0) is 36.0. The first kappa shape index (κ1) is 47.1. The maximum absolute atomic E-state index is 12.7. The van der Waals surface area contributed by atoms with Crippen LogP contribution in [0, 0.1) is 0 Å². The van der Waals surface area contributed by atoms with Gasteiger partial charge in [-0.1, -0.05) is 142 Å². The number of carbonyl (C=O) groups is 3. The van der Waals surface area contributed by atoms with E-state index in [1.165, 1.54) is 116 Å². The molecule has 0 saturated carbocycles. The van der Waals surface area contributed by atoms with E-state index in [1.807, 2.05) is 0 Å². The SMILES string of the molecule is CCCCCC/C=C\CCCCCCCC(=O)OC(CCCCCCCCCCCC)CCCCCCCC(=O)NC(CCCN)C(=O)O. The predicted molar refractivity (Wildman–Crippen MR) is 207 cm³/mol. The number of unbranched alkanes of at least 4 members (excludes halogenated alkanes) is 22. The third-order valence-corrected chi connectivity index (χ3v) is 9.58. The van der Waals surface area contributed by atoms with Crippen LogP contribution in [0.5, 0.6) is 0 Å². The summed E-state index contributed by atoms with van der Waals surface area (Å²) >= 11 is 0. The number of carboxylic acid groups (broad SMARTS) is 1. The molecule has 49 heavy (non-hydrogen) atoms.